The molecule has 0 unspecified atom stereocenters. The molecule has 0 bridgehead atoms. The Hall–Kier alpha value is -1.92. The number of anilines is 1. The Kier molecular flexibility index (Phi) is 8.93. The van der Waals surface area contributed by atoms with Crippen molar-refractivity contribution in [3.8, 4) is 0 Å². The van der Waals surface area contributed by atoms with E-state index in [-0.39, 0.29) is 17.9 Å². The molecule has 0 aromatic heterocycles. The Bertz CT molecular complexity index is 636. The quantitative estimate of drug-likeness (QED) is 0.539. The van der Waals surface area contributed by atoms with E-state index in [1.54, 1.807) is 0 Å². The first kappa shape index (κ1) is 22.4. The van der Waals surface area contributed by atoms with Gasteiger partial charge in [0, 0.05) is 37.8 Å². The second-order valence-corrected chi connectivity index (χ2v) is 7.89. The molecule has 0 aliphatic heterocycles. The SMILES string of the molecule is Cc1cccc(C)c1NC(=O)CN(CCC(=O)NCCCOC(C)C)C1CC1. The smallest absolute Gasteiger partial charge is 0.238 e. The fourth-order valence-electron chi connectivity index (χ4n) is 3.16. The summed E-state index contributed by atoms with van der Waals surface area (Å²) in [4.78, 5) is 26.7. The van der Waals surface area contributed by atoms with E-state index in [0.717, 1.165) is 36.1 Å². The molecule has 2 amide bonds. The number of rotatable bonds is 12. The predicted octanol–water partition coefficient (Wildman–Crippen LogP) is 3.03. The van der Waals surface area contributed by atoms with Gasteiger partial charge in [-0.2, -0.15) is 0 Å². The number of benzene rings is 1. The summed E-state index contributed by atoms with van der Waals surface area (Å²) < 4.78 is 5.47. The van der Waals surface area contributed by atoms with Crippen LogP contribution in [0.2, 0.25) is 0 Å². The molecular weight excluding hydrogens is 354 g/mol. The molecule has 0 saturated heterocycles. The van der Waals surface area contributed by atoms with E-state index in [4.69, 9.17) is 4.74 Å². The highest BCUT2D eigenvalue weighted by Gasteiger charge is 2.30. The standard InChI is InChI=1S/C22H35N3O3/c1-16(2)28-14-6-12-23-20(26)11-13-25(19-9-10-19)15-21(27)24-22-17(3)7-5-8-18(22)4/h5,7-8,16,19H,6,9-15H2,1-4H3,(H,23,26)(H,24,27). The van der Waals surface area contributed by atoms with Crippen molar-refractivity contribution < 1.29 is 14.3 Å². The van der Waals surface area contributed by atoms with Gasteiger partial charge in [-0.05, 0) is 58.1 Å². The van der Waals surface area contributed by atoms with Crippen LogP contribution in [0.5, 0.6) is 0 Å². The molecular formula is C22H35N3O3. The van der Waals surface area contributed by atoms with Crippen molar-refractivity contribution in [2.24, 2.45) is 0 Å². The topological polar surface area (TPSA) is 70.7 Å². The zero-order chi connectivity index (χ0) is 20.5. The second-order valence-electron chi connectivity index (χ2n) is 7.89. The lowest BCUT2D eigenvalue weighted by molar-refractivity contribution is -0.122. The molecule has 0 heterocycles. The van der Waals surface area contributed by atoms with Crippen LogP contribution in [0.4, 0.5) is 5.69 Å². The molecule has 1 aliphatic carbocycles. The van der Waals surface area contributed by atoms with Crippen LogP contribution in [0.3, 0.4) is 0 Å². The van der Waals surface area contributed by atoms with Gasteiger partial charge < -0.3 is 15.4 Å². The summed E-state index contributed by atoms with van der Waals surface area (Å²) >= 11 is 0. The van der Waals surface area contributed by atoms with Gasteiger partial charge in [0.05, 0.1) is 12.6 Å². The summed E-state index contributed by atoms with van der Waals surface area (Å²) in [6.07, 6.45) is 3.65. The van der Waals surface area contributed by atoms with Crippen LogP contribution in [0.1, 0.15) is 50.7 Å². The number of carbonyl (C=O) groups excluding carboxylic acids is 2. The average molecular weight is 390 g/mol. The van der Waals surface area contributed by atoms with Crippen LogP contribution >= 0.6 is 0 Å². The minimum absolute atomic E-state index is 0.0180. The fourth-order valence-corrected chi connectivity index (χ4v) is 3.16. The molecule has 156 valence electrons. The van der Waals surface area contributed by atoms with Crippen molar-refractivity contribution in [2.75, 3.05) is 31.6 Å². The van der Waals surface area contributed by atoms with Gasteiger partial charge in [-0.25, -0.2) is 0 Å². The fraction of sp³-hybridized carbons (Fsp3) is 0.636. The molecule has 0 radical (unpaired) electrons. The van der Waals surface area contributed by atoms with Gasteiger partial charge >= 0.3 is 0 Å². The summed E-state index contributed by atoms with van der Waals surface area (Å²) in [5.74, 6) is 0.0147. The Morgan fingerprint density at radius 3 is 2.46 bits per heavy atom. The highest BCUT2D eigenvalue weighted by atomic mass is 16.5. The lowest BCUT2D eigenvalue weighted by Crippen LogP contribution is -2.38. The van der Waals surface area contributed by atoms with Gasteiger partial charge in [0.25, 0.3) is 0 Å². The van der Waals surface area contributed by atoms with Crippen LogP contribution in [-0.4, -0.2) is 55.1 Å². The first-order valence-electron chi connectivity index (χ1n) is 10.3. The molecule has 0 spiro atoms. The molecule has 6 nitrogen and oxygen atoms in total. The van der Waals surface area contributed by atoms with Crippen molar-refractivity contribution in [3.63, 3.8) is 0 Å². The van der Waals surface area contributed by atoms with Gasteiger partial charge in [-0.3, -0.25) is 14.5 Å². The van der Waals surface area contributed by atoms with Crippen molar-refractivity contribution in [1.82, 2.24) is 10.2 Å². The highest BCUT2D eigenvalue weighted by molar-refractivity contribution is 5.93. The van der Waals surface area contributed by atoms with Crippen LogP contribution in [0, 0.1) is 13.8 Å². The highest BCUT2D eigenvalue weighted by Crippen LogP contribution is 2.27. The molecule has 1 aromatic carbocycles. The van der Waals surface area contributed by atoms with E-state index in [1.165, 1.54) is 0 Å². The van der Waals surface area contributed by atoms with E-state index in [2.05, 4.69) is 15.5 Å². The maximum Gasteiger partial charge on any atom is 0.238 e. The monoisotopic (exact) mass is 389 g/mol. The molecule has 2 N–H and O–H groups in total. The Balaban J connectivity index is 1.73. The van der Waals surface area contributed by atoms with Crippen molar-refractivity contribution in [1.29, 1.82) is 0 Å². The summed E-state index contributed by atoms with van der Waals surface area (Å²) in [5, 5.41) is 5.97. The number of hydrogen-bond acceptors (Lipinski definition) is 4. The molecule has 1 aromatic rings. The number of ether oxygens (including phenoxy) is 1. The zero-order valence-electron chi connectivity index (χ0n) is 17.7. The summed E-state index contributed by atoms with van der Waals surface area (Å²) in [6.45, 7) is 10.2. The molecule has 1 aliphatic rings. The lowest BCUT2D eigenvalue weighted by atomic mass is 10.1. The van der Waals surface area contributed by atoms with Crippen LogP contribution < -0.4 is 10.6 Å². The third-order valence-electron chi connectivity index (χ3n) is 4.88. The molecule has 6 heteroatoms. The van der Waals surface area contributed by atoms with Crippen LogP contribution in [0.25, 0.3) is 0 Å². The number of amides is 2. The number of para-hydroxylation sites is 1. The Morgan fingerprint density at radius 2 is 1.86 bits per heavy atom. The van der Waals surface area contributed by atoms with E-state index >= 15 is 0 Å². The van der Waals surface area contributed by atoms with Gasteiger partial charge in [0.1, 0.15) is 0 Å². The van der Waals surface area contributed by atoms with Crippen molar-refractivity contribution in [2.45, 2.75) is 65.5 Å². The van der Waals surface area contributed by atoms with Crippen LogP contribution in [0.15, 0.2) is 18.2 Å². The van der Waals surface area contributed by atoms with Crippen molar-refractivity contribution in [3.05, 3.63) is 29.3 Å². The molecule has 1 fully saturated rings. The average Bonchev–Trinajstić information content (AvgIpc) is 3.46. The summed E-state index contributed by atoms with van der Waals surface area (Å²) in [5.41, 5.74) is 3.02. The van der Waals surface area contributed by atoms with Gasteiger partial charge in [0.15, 0.2) is 0 Å². The Morgan fingerprint density at radius 1 is 1.18 bits per heavy atom. The molecule has 1 saturated carbocycles. The predicted molar refractivity (Wildman–Crippen MR) is 112 cm³/mol. The number of carbonyl (C=O) groups is 2. The van der Waals surface area contributed by atoms with Gasteiger partial charge in [0.2, 0.25) is 11.8 Å². The first-order chi connectivity index (χ1) is 13.4. The number of aryl methyl sites for hydroxylation is 2. The third-order valence-corrected chi connectivity index (χ3v) is 4.88. The minimum Gasteiger partial charge on any atom is -0.379 e. The van der Waals surface area contributed by atoms with Gasteiger partial charge in [-0.15, -0.1) is 0 Å². The summed E-state index contributed by atoms with van der Waals surface area (Å²) in [6, 6.07) is 6.41. The van der Waals surface area contributed by atoms with E-state index in [1.807, 2.05) is 45.9 Å². The normalized spacial score (nSPS) is 13.8. The van der Waals surface area contributed by atoms with E-state index in [0.29, 0.717) is 38.7 Å². The maximum absolute atomic E-state index is 12.5. The maximum atomic E-state index is 12.5. The zero-order valence-corrected chi connectivity index (χ0v) is 17.7. The van der Waals surface area contributed by atoms with E-state index in [9.17, 15) is 9.59 Å². The lowest BCUT2D eigenvalue weighted by Gasteiger charge is -2.22. The number of nitrogens with one attached hydrogen (secondary N) is 2. The van der Waals surface area contributed by atoms with Crippen LogP contribution in [-0.2, 0) is 14.3 Å². The third kappa shape index (κ3) is 7.98. The largest absolute Gasteiger partial charge is 0.379 e. The summed E-state index contributed by atoms with van der Waals surface area (Å²) in [7, 11) is 0. The number of nitrogens with zero attached hydrogens (tertiary/aromatic N) is 1. The molecule has 0 atom stereocenters. The molecule has 2 rings (SSSR count). The first-order valence-corrected chi connectivity index (χ1v) is 10.3. The van der Waals surface area contributed by atoms with E-state index < -0.39 is 0 Å². The molecule has 28 heavy (non-hydrogen) atoms. The second kappa shape index (κ2) is 11.2. The van der Waals surface area contributed by atoms with Crippen molar-refractivity contribution >= 4 is 17.5 Å². The number of hydrogen-bond donors (Lipinski definition) is 2. The Labute approximate surface area is 169 Å². The van der Waals surface area contributed by atoms with Gasteiger partial charge in [-0.1, -0.05) is 18.2 Å². The minimum atomic E-state index is -0.0180.